The molecule has 6 nitrogen and oxygen atoms in total. The highest BCUT2D eigenvalue weighted by atomic mass is 127. The number of hydrogen-bond acceptors (Lipinski definition) is 5. The summed E-state index contributed by atoms with van der Waals surface area (Å²) < 4.78 is 12.0. The van der Waals surface area contributed by atoms with Gasteiger partial charge < -0.3 is 38.6 Å². The third-order valence-electron chi connectivity index (χ3n) is 9.42. The normalized spacial score (nSPS) is 30.9. The van der Waals surface area contributed by atoms with E-state index in [-0.39, 0.29) is 54.6 Å². The van der Waals surface area contributed by atoms with Crippen LogP contribution in [0.2, 0.25) is 0 Å². The van der Waals surface area contributed by atoms with Crippen molar-refractivity contribution in [1.29, 1.82) is 0 Å². The highest BCUT2D eigenvalue weighted by Gasteiger charge is 2.55. The lowest BCUT2D eigenvalue weighted by molar-refractivity contribution is -0.907. The zero-order chi connectivity index (χ0) is 24.7. The topological polar surface area (TPSA) is 72.8 Å². The fourth-order valence-electron chi connectivity index (χ4n) is 7.86. The second kappa shape index (κ2) is 10.9. The Kier molecular flexibility index (Phi) is 8.42. The van der Waals surface area contributed by atoms with Crippen molar-refractivity contribution in [2.24, 2.45) is 29.1 Å². The maximum atomic E-state index is 13.2. The second-order valence-corrected chi connectivity index (χ2v) is 12.7. The predicted octanol–water partition coefficient (Wildman–Crippen LogP) is 1.41. The first kappa shape index (κ1) is 27.8. The van der Waals surface area contributed by atoms with Crippen molar-refractivity contribution in [3.8, 4) is 0 Å². The van der Waals surface area contributed by atoms with Gasteiger partial charge in [0.2, 0.25) is 6.73 Å². The van der Waals surface area contributed by atoms with E-state index in [4.69, 9.17) is 9.47 Å². The maximum Gasteiger partial charge on any atom is 0.343 e. The lowest BCUT2D eigenvalue weighted by Gasteiger charge is -2.55. The molecule has 1 aromatic rings. The molecule has 0 aromatic heterocycles. The van der Waals surface area contributed by atoms with Crippen molar-refractivity contribution in [3.05, 3.63) is 35.9 Å². The van der Waals surface area contributed by atoms with Crippen molar-refractivity contribution in [2.75, 3.05) is 34.0 Å². The first-order valence-electron chi connectivity index (χ1n) is 13.6. The number of halogens is 1. The Labute approximate surface area is 232 Å². The fraction of sp³-hybridized carbons (Fsp3) is 0.724. The number of quaternary nitrogens is 1. The van der Waals surface area contributed by atoms with Gasteiger partial charge in [-0.05, 0) is 74.7 Å². The van der Waals surface area contributed by atoms with Gasteiger partial charge in [-0.1, -0.05) is 43.2 Å². The van der Waals surface area contributed by atoms with Gasteiger partial charge in [-0.15, -0.1) is 0 Å². The number of carbonyl (C=O) groups excluding carboxylic acids is 2. The molecular formula is C29H42INO5. The van der Waals surface area contributed by atoms with Crippen LogP contribution in [0.1, 0.15) is 69.8 Å². The van der Waals surface area contributed by atoms with Gasteiger partial charge in [0.25, 0.3) is 0 Å². The molecule has 1 aromatic carbocycles. The van der Waals surface area contributed by atoms with Crippen molar-refractivity contribution < 1.29 is 52.6 Å². The smallest absolute Gasteiger partial charge is 0.343 e. The number of ether oxygens (including phenoxy) is 2. The largest absolute Gasteiger partial charge is 1.00 e. The Hall–Kier alpha value is -1.19. The maximum absolute atomic E-state index is 13.2. The molecule has 0 amide bonds. The SMILES string of the molecule is C[N+](C)(CCOC(=O)C(O)(c1ccccc1)C1CCCC1)COC(=O)C12CC3CC(CC(C3)C1)C2.[I-]. The van der Waals surface area contributed by atoms with Gasteiger partial charge in [0.05, 0.1) is 19.5 Å². The summed E-state index contributed by atoms with van der Waals surface area (Å²) in [4.78, 5) is 26.4. The van der Waals surface area contributed by atoms with Crippen molar-refractivity contribution in [1.82, 2.24) is 0 Å². The van der Waals surface area contributed by atoms with Gasteiger partial charge in [-0.3, -0.25) is 9.28 Å². The zero-order valence-corrected chi connectivity index (χ0v) is 24.0. The van der Waals surface area contributed by atoms with E-state index in [1.165, 1.54) is 19.3 Å². The molecule has 36 heavy (non-hydrogen) atoms. The van der Waals surface area contributed by atoms with E-state index in [2.05, 4.69) is 0 Å². The Balaban J connectivity index is 0.00000304. The van der Waals surface area contributed by atoms with E-state index in [0.29, 0.717) is 34.3 Å². The fourth-order valence-corrected chi connectivity index (χ4v) is 7.86. The molecule has 0 radical (unpaired) electrons. The molecule has 0 saturated heterocycles. The Morgan fingerprint density at radius 2 is 1.53 bits per heavy atom. The number of nitrogens with zero attached hydrogens (tertiary/aromatic N) is 1. The van der Waals surface area contributed by atoms with Gasteiger partial charge in [0.1, 0.15) is 13.2 Å². The minimum atomic E-state index is -1.61. The molecule has 0 spiro atoms. The van der Waals surface area contributed by atoms with Crippen LogP contribution in [0.4, 0.5) is 0 Å². The molecule has 0 aliphatic heterocycles. The third-order valence-corrected chi connectivity index (χ3v) is 9.42. The molecule has 5 fully saturated rings. The number of hydrogen-bond donors (Lipinski definition) is 1. The molecule has 1 N–H and O–H groups in total. The van der Waals surface area contributed by atoms with Crippen molar-refractivity contribution in [3.63, 3.8) is 0 Å². The summed E-state index contributed by atoms with van der Waals surface area (Å²) in [7, 11) is 3.97. The average molecular weight is 612 g/mol. The number of carbonyl (C=O) groups is 2. The molecule has 5 saturated carbocycles. The van der Waals surface area contributed by atoms with E-state index in [1.54, 1.807) is 0 Å². The minimum Gasteiger partial charge on any atom is -1.00 e. The van der Waals surface area contributed by atoms with Crippen LogP contribution in [-0.2, 0) is 24.7 Å². The molecule has 1 unspecified atom stereocenters. The molecule has 6 rings (SSSR count). The Morgan fingerprint density at radius 3 is 2.08 bits per heavy atom. The Morgan fingerprint density at radius 1 is 0.972 bits per heavy atom. The van der Waals surface area contributed by atoms with E-state index < -0.39 is 11.6 Å². The monoisotopic (exact) mass is 611 g/mol. The minimum absolute atomic E-state index is 0. The zero-order valence-electron chi connectivity index (χ0n) is 21.8. The van der Waals surface area contributed by atoms with E-state index in [0.717, 1.165) is 44.9 Å². The summed E-state index contributed by atoms with van der Waals surface area (Å²) in [6.07, 6.45) is 10.6. The van der Waals surface area contributed by atoms with Crippen LogP contribution in [0.3, 0.4) is 0 Å². The summed E-state index contributed by atoms with van der Waals surface area (Å²) in [5, 5.41) is 11.6. The summed E-state index contributed by atoms with van der Waals surface area (Å²) in [5.41, 5.74) is -1.26. The predicted molar refractivity (Wildman–Crippen MR) is 132 cm³/mol. The van der Waals surface area contributed by atoms with Crippen LogP contribution >= 0.6 is 0 Å². The molecule has 200 valence electrons. The van der Waals surface area contributed by atoms with Gasteiger partial charge in [-0.2, -0.15) is 0 Å². The highest BCUT2D eigenvalue weighted by molar-refractivity contribution is 5.81. The first-order chi connectivity index (χ1) is 16.7. The van der Waals surface area contributed by atoms with Crippen LogP contribution in [-0.4, -0.2) is 55.5 Å². The van der Waals surface area contributed by atoms with Crippen LogP contribution in [0.15, 0.2) is 30.3 Å². The average Bonchev–Trinajstić information content (AvgIpc) is 3.37. The molecule has 5 aliphatic rings. The quantitative estimate of drug-likeness (QED) is 0.198. The van der Waals surface area contributed by atoms with E-state index in [9.17, 15) is 14.7 Å². The van der Waals surface area contributed by atoms with Gasteiger partial charge in [-0.25, -0.2) is 4.79 Å². The van der Waals surface area contributed by atoms with Crippen LogP contribution < -0.4 is 24.0 Å². The van der Waals surface area contributed by atoms with Gasteiger partial charge in [0.15, 0.2) is 5.60 Å². The lowest BCUT2D eigenvalue weighted by atomic mass is 9.49. The van der Waals surface area contributed by atoms with Crippen LogP contribution in [0, 0.1) is 29.1 Å². The summed E-state index contributed by atoms with van der Waals surface area (Å²) in [6, 6.07) is 9.20. The molecule has 5 aliphatic carbocycles. The van der Waals surface area contributed by atoms with Crippen LogP contribution in [0.5, 0.6) is 0 Å². The third kappa shape index (κ3) is 5.48. The first-order valence-corrected chi connectivity index (χ1v) is 13.6. The number of benzene rings is 1. The summed E-state index contributed by atoms with van der Waals surface area (Å²) in [5.74, 6) is 1.42. The molecule has 7 heteroatoms. The molecular weight excluding hydrogens is 569 g/mol. The number of likely N-dealkylation sites (N-methyl/N-ethyl adjacent to an activating group) is 1. The van der Waals surface area contributed by atoms with E-state index in [1.807, 2.05) is 44.4 Å². The van der Waals surface area contributed by atoms with Crippen molar-refractivity contribution in [2.45, 2.75) is 69.8 Å². The van der Waals surface area contributed by atoms with Crippen LogP contribution in [0.25, 0.3) is 0 Å². The number of aliphatic hydroxyl groups is 1. The Bertz CT molecular complexity index is 894. The van der Waals surface area contributed by atoms with Crippen molar-refractivity contribution >= 4 is 11.9 Å². The van der Waals surface area contributed by atoms with Gasteiger partial charge in [0, 0.05) is 5.92 Å². The molecule has 0 heterocycles. The number of esters is 2. The summed E-state index contributed by atoms with van der Waals surface area (Å²) >= 11 is 0. The van der Waals surface area contributed by atoms with Gasteiger partial charge >= 0.3 is 11.9 Å². The second-order valence-electron chi connectivity index (χ2n) is 12.7. The molecule has 1 atom stereocenters. The van der Waals surface area contributed by atoms with E-state index >= 15 is 0 Å². The lowest BCUT2D eigenvalue weighted by Crippen LogP contribution is -3.00. The standard InChI is InChI=1S/C29H42NO5.HI/c1-30(2,20-35-26(31)28-17-21-14-22(18-28)16-23(15-21)19-28)12-13-34-27(32)29(33,25-10-6-7-11-25)24-8-4-3-5-9-24;/h3-5,8-9,21-23,25,33H,6-7,10-20H2,1-2H3;1H/q+1;/p-1. The molecule has 4 bridgehead atoms. The highest BCUT2D eigenvalue weighted by Crippen LogP contribution is 2.60. The summed E-state index contributed by atoms with van der Waals surface area (Å²) in [6.45, 7) is 0.946. The number of rotatable bonds is 9.